The van der Waals surface area contributed by atoms with E-state index in [0.29, 0.717) is 11.8 Å². The van der Waals surface area contributed by atoms with E-state index in [1.165, 1.54) is 30.5 Å². The van der Waals surface area contributed by atoms with Gasteiger partial charge in [-0.3, -0.25) is 4.90 Å². The number of likely N-dealkylation sites (tertiary alicyclic amines) is 1. The molecule has 2 heterocycles. The van der Waals surface area contributed by atoms with Crippen LogP contribution in [0.3, 0.4) is 0 Å². The molecule has 2 saturated carbocycles. The highest BCUT2D eigenvalue weighted by molar-refractivity contribution is 5.65. The van der Waals surface area contributed by atoms with Crippen LogP contribution in [0.5, 0.6) is 11.5 Å². The number of nitrogens with zero attached hydrogens (tertiary/aromatic N) is 1. The van der Waals surface area contributed by atoms with Crippen LogP contribution in [-0.4, -0.2) is 58.7 Å². The number of phenols is 1. The highest BCUT2D eigenvalue weighted by Gasteiger charge is 2.80. The number of aromatic hydroxyl groups is 1. The molecule has 6 atom stereocenters. The third-order valence-corrected chi connectivity index (χ3v) is 9.96. The summed E-state index contributed by atoms with van der Waals surface area (Å²) < 4.78 is 13.1. The van der Waals surface area contributed by atoms with Gasteiger partial charge < -0.3 is 19.7 Å². The molecule has 0 amide bonds. The molecule has 1 aromatic carbocycles. The van der Waals surface area contributed by atoms with Crippen molar-refractivity contribution in [2.45, 2.75) is 74.7 Å². The van der Waals surface area contributed by atoms with E-state index in [9.17, 15) is 10.2 Å². The van der Waals surface area contributed by atoms with Crippen molar-refractivity contribution in [1.29, 1.82) is 0 Å². The second-order valence-corrected chi connectivity index (χ2v) is 11.7. The number of methoxy groups -OCH3 is 1. The molecule has 5 heteroatoms. The smallest absolute Gasteiger partial charge is 0.165 e. The average molecular weight is 424 g/mol. The molecular formula is C26H33NO4. The normalized spacial score (nSPS) is 44.3. The van der Waals surface area contributed by atoms with E-state index in [1.54, 1.807) is 7.11 Å². The van der Waals surface area contributed by atoms with Crippen LogP contribution >= 0.6 is 0 Å². The molecule has 8 rings (SSSR count). The molecule has 2 aliphatic heterocycles. The Morgan fingerprint density at radius 2 is 2.06 bits per heavy atom. The maximum atomic E-state index is 11.3. The van der Waals surface area contributed by atoms with Crippen LogP contribution in [0.4, 0.5) is 0 Å². The Bertz CT molecular complexity index is 1010. The van der Waals surface area contributed by atoms with Crippen molar-refractivity contribution < 1.29 is 19.7 Å². The number of aliphatic hydroxyl groups is 1. The minimum atomic E-state index is -0.897. The van der Waals surface area contributed by atoms with Crippen molar-refractivity contribution in [2.75, 3.05) is 20.2 Å². The molecule has 1 aromatic rings. The van der Waals surface area contributed by atoms with Crippen molar-refractivity contribution in [3.63, 3.8) is 0 Å². The molecule has 3 fully saturated rings. The van der Waals surface area contributed by atoms with E-state index in [2.05, 4.69) is 23.1 Å². The van der Waals surface area contributed by atoms with Crippen molar-refractivity contribution >= 4 is 0 Å². The van der Waals surface area contributed by atoms with E-state index < -0.39 is 11.2 Å². The molecule has 0 unspecified atom stereocenters. The Labute approximate surface area is 184 Å². The van der Waals surface area contributed by atoms with Gasteiger partial charge in [-0.1, -0.05) is 18.2 Å². The van der Waals surface area contributed by atoms with Gasteiger partial charge in [-0.05, 0) is 70.0 Å². The summed E-state index contributed by atoms with van der Waals surface area (Å²) in [6, 6.07) is 4.33. The average Bonchev–Trinajstić information content (AvgIpc) is 3.47. The number of phenolic OH excluding ortho intramolecular Hbond substituents is 1. The lowest BCUT2D eigenvalue weighted by atomic mass is 9.36. The van der Waals surface area contributed by atoms with E-state index >= 15 is 0 Å². The van der Waals surface area contributed by atoms with Crippen molar-refractivity contribution in [3.8, 4) is 11.5 Å². The molecular weight excluding hydrogens is 390 g/mol. The predicted molar refractivity (Wildman–Crippen MR) is 116 cm³/mol. The van der Waals surface area contributed by atoms with Gasteiger partial charge in [0.15, 0.2) is 11.5 Å². The van der Waals surface area contributed by atoms with E-state index in [-0.39, 0.29) is 28.6 Å². The Kier molecular flexibility index (Phi) is 3.36. The lowest BCUT2D eigenvalue weighted by Gasteiger charge is -2.72. The van der Waals surface area contributed by atoms with Gasteiger partial charge in [0.25, 0.3) is 0 Å². The molecule has 0 aromatic heterocycles. The third kappa shape index (κ3) is 1.97. The molecule has 4 bridgehead atoms. The maximum absolute atomic E-state index is 11.3. The van der Waals surface area contributed by atoms with Gasteiger partial charge in [-0.25, -0.2) is 0 Å². The highest BCUT2D eigenvalue weighted by atomic mass is 16.6. The van der Waals surface area contributed by atoms with Crippen LogP contribution in [-0.2, 0) is 16.6 Å². The molecule has 5 nitrogen and oxygen atoms in total. The zero-order valence-corrected chi connectivity index (χ0v) is 18.7. The fraction of sp³-hybridized carbons (Fsp3) is 0.692. The summed E-state index contributed by atoms with van der Waals surface area (Å²) in [4.78, 5) is 2.75. The van der Waals surface area contributed by atoms with Crippen LogP contribution in [0, 0.1) is 17.3 Å². The molecule has 7 aliphatic rings. The van der Waals surface area contributed by atoms with E-state index in [1.807, 2.05) is 19.9 Å². The number of hydrogen-bond acceptors (Lipinski definition) is 5. The number of fused-ring (bicyclic) bond motifs is 1. The quantitative estimate of drug-likeness (QED) is 0.729. The van der Waals surface area contributed by atoms with Gasteiger partial charge in [0.05, 0.1) is 11.0 Å². The molecule has 0 radical (unpaired) electrons. The third-order valence-electron chi connectivity index (χ3n) is 9.96. The first-order chi connectivity index (χ1) is 14.8. The first-order valence-corrected chi connectivity index (χ1v) is 12.0. The maximum Gasteiger partial charge on any atom is 0.165 e. The summed E-state index contributed by atoms with van der Waals surface area (Å²) in [6.45, 7) is 6.09. The lowest BCUT2D eigenvalue weighted by Crippen LogP contribution is -2.80. The summed E-state index contributed by atoms with van der Waals surface area (Å²) in [6.07, 6.45) is 10.0. The first-order valence-electron chi connectivity index (χ1n) is 12.0. The first kappa shape index (κ1) is 19.0. The van der Waals surface area contributed by atoms with Gasteiger partial charge in [0.1, 0.15) is 11.7 Å². The second-order valence-electron chi connectivity index (χ2n) is 11.7. The highest BCUT2D eigenvalue weighted by Crippen LogP contribution is 2.75. The Morgan fingerprint density at radius 3 is 2.77 bits per heavy atom. The molecule has 166 valence electrons. The summed E-state index contributed by atoms with van der Waals surface area (Å²) in [5.74, 6) is 1.68. The number of benzene rings is 1. The molecule has 5 aliphatic carbocycles. The Balaban J connectivity index is 1.51. The Hall–Kier alpha value is -1.56. The van der Waals surface area contributed by atoms with Gasteiger partial charge >= 0.3 is 0 Å². The molecule has 2 N–H and O–H groups in total. The SMILES string of the molecule is CO[C@]12C=C[C@@]3(C[C@@H]1C(C)(C)O)[C@H]1Cc4ccc(O)c5c4[C@@]3(CCN1CC1CC1)[C@H]2O5. The van der Waals surface area contributed by atoms with Crippen molar-refractivity contribution in [1.82, 2.24) is 4.90 Å². The number of ether oxygens (including phenoxy) is 2. The largest absolute Gasteiger partial charge is 0.504 e. The molecule has 31 heavy (non-hydrogen) atoms. The van der Waals surface area contributed by atoms with Crippen molar-refractivity contribution in [3.05, 3.63) is 35.4 Å². The second kappa shape index (κ2) is 5.49. The van der Waals surface area contributed by atoms with Gasteiger partial charge in [-0.15, -0.1) is 0 Å². The van der Waals surface area contributed by atoms with Gasteiger partial charge in [0.2, 0.25) is 0 Å². The van der Waals surface area contributed by atoms with E-state index in [4.69, 9.17) is 9.47 Å². The van der Waals surface area contributed by atoms with Crippen LogP contribution < -0.4 is 4.74 Å². The summed E-state index contributed by atoms with van der Waals surface area (Å²) >= 11 is 0. The van der Waals surface area contributed by atoms with Crippen LogP contribution in [0.2, 0.25) is 0 Å². The van der Waals surface area contributed by atoms with Gasteiger partial charge in [-0.2, -0.15) is 0 Å². The molecule has 2 spiro atoms. The zero-order chi connectivity index (χ0) is 21.4. The lowest BCUT2D eigenvalue weighted by molar-refractivity contribution is -0.245. The monoisotopic (exact) mass is 423 g/mol. The van der Waals surface area contributed by atoms with E-state index in [0.717, 1.165) is 31.7 Å². The molecule has 1 saturated heterocycles. The Morgan fingerprint density at radius 1 is 1.26 bits per heavy atom. The summed E-state index contributed by atoms with van der Waals surface area (Å²) in [5.41, 5.74) is 0.654. The summed E-state index contributed by atoms with van der Waals surface area (Å²) in [7, 11) is 1.76. The van der Waals surface area contributed by atoms with Crippen molar-refractivity contribution in [2.24, 2.45) is 17.3 Å². The van der Waals surface area contributed by atoms with Crippen LogP contribution in [0.15, 0.2) is 24.3 Å². The van der Waals surface area contributed by atoms with Crippen LogP contribution in [0.1, 0.15) is 50.7 Å². The number of piperidine rings is 1. The number of rotatable bonds is 4. The fourth-order valence-corrected chi connectivity index (χ4v) is 8.58. The summed E-state index contributed by atoms with van der Waals surface area (Å²) in [5, 5.41) is 22.1. The minimum absolute atomic E-state index is 0.0745. The van der Waals surface area contributed by atoms with Gasteiger partial charge in [0, 0.05) is 36.6 Å². The minimum Gasteiger partial charge on any atom is -0.504 e. The predicted octanol–water partition coefficient (Wildman–Crippen LogP) is 3.16. The zero-order valence-electron chi connectivity index (χ0n) is 18.7. The topological polar surface area (TPSA) is 62.2 Å². The number of hydrogen-bond donors (Lipinski definition) is 2. The van der Waals surface area contributed by atoms with Crippen LogP contribution in [0.25, 0.3) is 0 Å². The fourth-order valence-electron chi connectivity index (χ4n) is 8.58. The standard InChI is InChI=1S/C26H33NO4/c1-23(2,29)18-13-24-8-9-26(18,30-3)22-25(24)10-11-27(14-15-4-5-15)19(24)12-16-6-7-17(28)21(31-22)20(16)25/h6-9,15,18-19,22,28-29H,4-5,10-14H2,1-3H3/t18-,19-,22-,24-,25+,26-/m1/s1.